The normalized spacial score (nSPS) is 11.1. The molecule has 2 N–H and O–H groups in total. The minimum Gasteiger partial charge on any atom is -0.391 e. The van der Waals surface area contributed by atoms with E-state index in [0.29, 0.717) is 0 Å². The van der Waals surface area contributed by atoms with Gasteiger partial charge in [-0.25, -0.2) is 4.98 Å². The van der Waals surface area contributed by atoms with Gasteiger partial charge >= 0.3 is 0 Å². The van der Waals surface area contributed by atoms with E-state index in [1.54, 1.807) is 22.7 Å². The van der Waals surface area contributed by atoms with Crippen LogP contribution in [0.1, 0.15) is 5.56 Å². The molecule has 2 nitrogen and oxygen atoms in total. The molecule has 0 radical (unpaired) electrons. The molecule has 0 aliphatic rings. The van der Waals surface area contributed by atoms with Crippen molar-refractivity contribution in [3.8, 4) is 9.88 Å². The van der Waals surface area contributed by atoms with Crippen molar-refractivity contribution >= 4 is 37.9 Å². The lowest BCUT2D eigenvalue weighted by molar-refractivity contribution is 1.43. The summed E-state index contributed by atoms with van der Waals surface area (Å²) in [6.45, 7) is 2.09. The van der Waals surface area contributed by atoms with Crippen molar-refractivity contribution in [2.75, 3.05) is 5.73 Å². The van der Waals surface area contributed by atoms with Crippen LogP contribution in [-0.2, 0) is 0 Å². The maximum Gasteiger partial charge on any atom is 0.134 e. The fourth-order valence-corrected chi connectivity index (χ4v) is 3.53. The highest BCUT2D eigenvalue weighted by Gasteiger charge is 2.09. The zero-order chi connectivity index (χ0) is 11.1. The highest BCUT2D eigenvalue weighted by Crippen LogP contribution is 2.35. The molecule has 0 aliphatic heterocycles. The van der Waals surface area contributed by atoms with Crippen LogP contribution >= 0.6 is 22.7 Å². The van der Waals surface area contributed by atoms with Crippen LogP contribution in [0.25, 0.3) is 20.1 Å². The smallest absolute Gasteiger partial charge is 0.134 e. The number of benzene rings is 1. The maximum atomic E-state index is 5.74. The van der Waals surface area contributed by atoms with Crippen LogP contribution in [0.15, 0.2) is 30.3 Å². The fourth-order valence-electron chi connectivity index (χ4n) is 1.66. The Morgan fingerprint density at radius 1 is 1.12 bits per heavy atom. The molecule has 2 aromatic heterocycles. The van der Waals surface area contributed by atoms with Gasteiger partial charge in [-0.2, -0.15) is 0 Å². The van der Waals surface area contributed by atoms with Gasteiger partial charge in [-0.3, -0.25) is 0 Å². The molecule has 0 spiro atoms. The molecule has 16 heavy (non-hydrogen) atoms. The van der Waals surface area contributed by atoms with Gasteiger partial charge < -0.3 is 5.73 Å². The van der Waals surface area contributed by atoms with E-state index in [2.05, 4.69) is 30.1 Å². The highest BCUT2D eigenvalue weighted by atomic mass is 32.1. The summed E-state index contributed by atoms with van der Waals surface area (Å²) in [7, 11) is 0. The molecule has 0 bridgehead atoms. The number of rotatable bonds is 1. The number of nitrogens with two attached hydrogens (primary N) is 1. The number of hydrogen-bond acceptors (Lipinski definition) is 4. The van der Waals surface area contributed by atoms with Crippen molar-refractivity contribution in [2.45, 2.75) is 6.92 Å². The first-order valence-electron chi connectivity index (χ1n) is 4.96. The van der Waals surface area contributed by atoms with Crippen molar-refractivity contribution in [2.24, 2.45) is 0 Å². The van der Waals surface area contributed by atoms with Crippen LogP contribution in [0.2, 0.25) is 0 Å². The van der Waals surface area contributed by atoms with Crippen molar-refractivity contribution in [3.05, 3.63) is 35.9 Å². The largest absolute Gasteiger partial charge is 0.391 e. The SMILES string of the molecule is Cc1cccc2sc(-c3ccc(N)s3)nc12. The third-order valence-electron chi connectivity index (χ3n) is 2.46. The Kier molecular flexibility index (Phi) is 2.19. The first-order valence-corrected chi connectivity index (χ1v) is 6.59. The molecule has 4 heteroatoms. The molecular weight excluding hydrogens is 236 g/mol. The first-order chi connectivity index (χ1) is 7.74. The van der Waals surface area contributed by atoms with E-state index in [1.807, 2.05) is 12.1 Å². The summed E-state index contributed by atoms with van der Waals surface area (Å²) >= 11 is 3.31. The summed E-state index contributed by atoms with van der Waals surface area (Å²) in [5.41, 5.74) is 8.07. The molecule has 0 aliphatic carbocycles. The number of fused-ring (bicyclic) bond motifs is 1. The predicted molar refractivity (Wildman–Crippen MR) is 72.1 cm³/mol. The van der Waals surface area contributed by atoms with Crippen molar-refractivity contribution < 1.29 is 0 Å². The zero-order valence-corrected chi connectivity index (χ0v) is 10.4. The van der Waals surface area contributed by atoms with Gasteiger partial charge in [0.1, 0.15) is 5.01 Å². The van der Waals surface area contributed by atoms with Crippen molar-refractivity contribution in [1.82, 2.24) is 4.98 Å². The average molecular weight is 246 g/mol. The lowest BCUT2D eigenvalue weighted by atomic mass is 10.2. The fraction of sp³-hybridized carbons (Fsp3) is 0.0833. The van der Waals surface area contributed by atoms with E-state index in [0.717, 1.165) is 20.4 Å². The van der Waals surface area contributed by atoms with Gasteiger partial charge in [0.25, 0.3) is 0 Å². The first kappa shape index (κ1) is 9.81. The van der Waals surface area contributed by atoms with Crippen LogP contribution in [-0.4, -0.2) is 4.98 Å². The van der Waals surface area contributed by atoms with E-state index in [9.17, 15) is 0 Å². The predicted octanol–water partition coefficient (Wildman–Crippen LogP) is 3.92. The number of hydrogen-bond donors (Lipinski definition) is 1. The Morgan fingerprint density at radius 3 is 2.69 bits per heavy atom. The standard InChI is InChI=1S/C12H10N2S2/c1-7-3-2-4-8-11(7)14-12(16-8)9-5-6-10(13)15-9/h2-6H,13H2,1H3. The number of aryl methyl sites for hydroxylation is 1. The second-order valence-corrected chi connectivity index (χ2v) is 5.79. The van der Waals surface area contributed by atoms with Gasteiger partial charge in [0.05, 0.1) is 20.1 Å². The third kappa shape index (κ3) is 1.50. The van der Waals surface area contributed by atoms with Crippen molar-refractivity contribution in [3.63, 3.8) is 0 Å². The summed E-state index contributed by atoms with van der Waals surface area (Å²) in [4.78, 5) is 5.82. The third-order valence-corrected chi connectivity index (χ3v) is 4.56. The molecule has 2 heterocycles. The molecule has 3 rings (SSSR count). The molecule has 0 atom stereocenters. The van der Waals surface area contributed by atoms with Gasteiger partial charge in [0.15, 0.2) is 0 Å². The average Bonchev–Trinajstić information content (AvgIpc) is 2.84. The van der Waals surface area contributed by atoms with Gasteiger partial charge in [-0.15, -0.1) is 22.7 Å². The van der Waals surface area contributed by atoms with Gasteiger partial charge in [0, 0.05) is 0 Å². The summed E-state index contributed by atoms with van der Waals surface area (Å²) in [5.74, 6) is 0. The van der Waals surface area contributed by atoms with Crippen LogP contribution in [0.5, 0.6) is 0 Å². The van der Waals surface area contributed by atoms with E-state index in [1.165, 1.54) is 10.3 Å². The minimum absolute atomic E-state index is 0.839. The number of nitrogens with zero attached hydrogens (tertiary/aromatic N) is 1. The molecule has 80 valence electrons. The summed E-state index contributed by atoms with van der Waals surface area (Å²) in [5, 5.41) is 1.90. The van der Waals surface area contributed by atoms with E-state index >= 15 is 0 Å². The molecule has 0 saturated carbocycles. The number of nitrogen functional groups attached to an aromatic ring is 1. The Hall–Kier alpha value is -1.39. The molecule has 3 aromatic rings. The molecule has 1 aromatic carbocycles. The number of thiophene rings is 1. The molecule has 0 saturated heterocycles. The number of para-hydroxylation sites is 1. The second kappa shape index (κ2) is 3.57. The van der Waals surface area contributed by atoms with Crippen LogP contribution < -0.4 is 5.73 Å². The van der Waals surface area contributed by atoms with Crippen molar-refractivity contribution in [1.29, 1.82) is 0 Å². The Balaban J connectivity index is 2.22. The van der Waals surface area contributed by atoms with Crippen LogP contribution in [0, 0.1) is 6.92 Å². The summed E-state index contributed by atoms with van der Waals surface area (Å²) in [6.07, 6.45) is 0. The van der Waals surface area contributed by atoms with E-state index in [-0.39, 0.29) is 0 Å². The summed E-state index contributed by atoms with van der Waals surface area (Å²) in [6, 6.07) is 10.2. The number of anilines is 1. The van der Waals surface area contributed by atoms with Gasteiger partial charge in [-0.1, -0.05) is 12.1 Å². The number of thiazole rings is 1. The quantitative estimate of drug-likeness (QED) is 0.707. The van der Waals surface area contributed by atoms with Gasteiger partial charge in [-0.05, 0) is 30.7 Å². The molecule has 0 fully saturated rings. The Labute approximate surface area is 101 Å². The lowest BCUT2D eigenvalue weighted by Crippen LogP contribution is -1.75. The Bertz CT molecular complexity index is 652. The molecule has 0 amide bonds. The lowest BCUT2D eigenvalue weighted by Gasteiger charge is -1.90. The van der Waals surface area contributed by atoms with Gasteiger partial charge in [0.2, 0.25) is 0 Å². The van der Waals surface area contributed by atoms with E-state index < -0.39 is 0 Å². The second-order valence-electron chi connectivity index (χ2n) is 3.64. The van der Waals surface area contributed by atoms with Crippen LogP contribution in [0.3, 0.4) is 0 Å². The number of aromatic nitrogens is 1. The maximum absolute atomic E-state index is 5.74. The topological polar surface area (TPSA) is 38.9 Å². The minimum atomic E-state index is 0.839. The summed E-state index contributed by atoms with van der Waals surface area (Å²) < 4.78 is 1.24. The van der Waals surface area contributed by atoms with E-state index in [4.69, 9.17) is 5.73 Å². The zero-order valence-electron chi connectivity index (χ0n) is 8.73. The molecular formula is C12H10N2S2. The Morgan fingerprint density at radius 2 is 2.00 bits per heavy atom. The van der Waals surface area contributed by atoms with Crippen LogP contribution in [0.4, 0.5) is 5.00 Å². The molecule has 0 unspecified atom stereocenters. The monoisotopic (exact) mass is 246 g/mol. The highest BCUT2D eigenvalue weighted by molar-refractivity contribution is 7.26.